The van der Waals surface area contributed by atoms with Crippen LogP contribution in [0.5, 0.6) is 0 Å². The molecule has 1 aliphatic heterocycles. The van der Waals surface area contributed by atoms with Crippen LogP contribution >= 0.6 is 0 Å². The number of hydrogen-bond donors (Lipinski definition) is 0. The summed E-state index contributed by atoms with van der Waals surface area (Å²) >= 11 is 0. The Bertz CT molecular complexity index is 1010. The summed E-state index contributed by atoms with van der Waals surface area (Å²) in [6.07, 6.45) is 8.39. The van der Waals surface area contributed by atoms with Gasteiger partial charge in [-0.1, -0.05) is 24.3 Å². The average molecular weight is 374 g/mol. The van der Waals surface area contributed by atoms with Gasteiger partial charge in [-0.3, -0.25) is 9.78 Å². The van der Waals surface area contributed by atoms with Crippen molar-refractivity contribution in [3.63, 3.8) is 0 Å². The lowest BCUT2D eigenvalue weighted by atomic mass is 9.96. The third-order valence-corrected chi connectivity index (χ3v) is 6.25. The number of amides is 1. The number of pyridine rings is 1. The van der Waals surface area contributed by atoms with E-state index in [9.17, 15) is 4.79 Å². The van der Waals surface area contributed by atoms with Crippen LogP contribution in [0, 0.1) is 12.8 Å². The van der Waals surface area contributed by atoms with Crippen LogP contribution in [-0.4, -0.2) is 38.4 Å². The third kappa shape index (κ3) is 3.19. The fourth-order valence-corrected chi connectivity index (χ4v) is 4.40. The average Bonchev–Trinajstić information content (AvgIpc) is 3.52. The molecule has 1 aromatic carbocycles. The van der Waals surface area contributed by atoms with Gasteiger partial charge in [-0.05, 0) is 50.0 Å². The van der Waals surface area contributed by atoms with Gasteiger partial charge in [0.25, 0.3) is 5.91 Å². The number of benzene rings is 1. The van der Waals surface area contributed by atoms with Gasteiger partial charge in [0.1, 0.15) is 11.5 Å². The quantitative estimate of drug-likeness (QED) is 0.689. The molecule has 1 saturated heterocycles. The van der Waals surface area contributed by atoms with Gasteiger partial charge in [-0.15, -0.1) is 0 Å². The van der Waals surface area contributed by atoms with E-state index in [2.05, 4.69) is 21.5 Å². The minimum absolute atomic E-state index is 0.0627. The van der Waals surface area contributed by atoms with Gasteiger partial charge < -0.3 is 9.47 Å². The molecule has 3 aromatic rings. The number of fused-ring (bicyclic) bond motifs is 1. The van der Waals surface area contributed by atoms with Crippen LogP contribution in [0.1, 0.15) is 53.6 Å². The highest BCUT2D eigenvalue weighted by molar-refractivity contribution is 6.05. The number of likely N-dealkylation sites (tertiary alicyclic amines) is 1. The van der Waals surface area contributed by atoms with Gasteiger partial charge in [0.05, 0.1) is 0 Å². The van der Waals surface area contributed by atoms with E-state index in [-0.39, 0.29) is 5.91 Å². The van der Waals surface area contributed by atoms with Crippen molar-refractivity contribution < 1.29 is 4.79 Å². The largest absolute Gasteiger partial charge is 0.337 e. The second-order valence-electron chi connectivity index (χ2n) is 8.26. The standard InChI is InChI=1S/C23H26N4O/c1-16-14-25-22(19-6-7-19)27(16)15-17-9-12-26(13-10-17)23(28)21-20-5-3-2-4-18(20)8-11-24-21/h2-5,8,11,14,17,19H,6-7,9-10,12-13,15H2,1H3. The van der Waals surface area contributed by atoms with Crippen molar-refractivity contribution in [1.29, 1.82) is 0 Å². The molecule has 2 aromatic heterocycles. The maximum atomic E-state index is 13.1. The summed E-state index contributed by atoms with van der Waals surface area (Å²) in [5.74, 6) is 2.62. The van der Waals surface area contributed by atoms with Crippen LogP contribution in [-0.2, 0) is 6.54 Å². The van der Waals surface area contributed by atoms with Gasteiger partial charge in [-0.2, -0.15) is 0 Å². The smallest absolute Gasteiger partial charge is 0.273 e. The van der Waals surface area contributed by atoms with Crippen molar-refractivity contribution in [3.8, 4) is 0 Å². The molecule has 0 unspecified atom stereocenters. The lowest BCUT2D eigenvalue weighted by molar-refractivity contribution is 0.0678. The molecule has 0 atom stereocenters. The van der Waals surface area contributed by atoms with Crippen LogP contribution in [0.15, 0.2) is 42.7 Å². The van der Waals surface area contributed by atoms with Crippen LogP contribution in [0.3, 0.4) is 0 Å². The van der Waals surface area contributed by atoms with Crippen LogP contribution in [0.25, 0.3) is 10.8 Å². The summed E-state index contributed by atoms with van der Waals surface area (Å²) in [4.78, 5) is 24.1. The number of rotatable bonds is 4. The molecule has 5 nitrogen and oxygen atoms in total. The Hall–Kier alpha value is -2.69. The monoisotopic (exact) mass is 374 g/mol. The number of aryl methyl sites for hydroxylation is 1. The van der Waals surface area contributed by atoms with E-state index >= 15 is 0 Å². The molecule has 1 aliphatic carbocycles. The zero-order chi connectivity index (χ0) is 19.1. The van der Waals surface area contributed by atoms with E-state index in [0.717, 1.165) is 43.2 Å². The first-order valence-corrected chi connectivity index (χ1v) is 10.4. The van der Waals surface area contributed by atoms with E-state index in [1.807, 2.05) is 41.4 Å². The maximum absolute atomic E-state index is 13.1. The summed E-state index contributed by atoms with van der Waals surface area (Å²) in [6, 6.07) is 9.95. The number of imidazole rings is 1. The van der Waals surface area contributed by atoms with Gasteiger partial charge in [-0.25, -0.2) is 4.98 Å². The van der Waals surface area contributed by atoms with Crippen molar-refractivity contribution in [1.82, 2.24) is 19.4 Å². The molecule has 0 radical (unpaired) electrons. The van der Waals surface area contributed by atoms with Crippen molar-refractivity contribution in [2.75, 3.05) is 13.1 Å². The predicted octanol–water partition coefficient (Wildman–Crippen LogP) is 4.17. The molecule has 28 heavy (non-hydrogen) atoms. The molecule has 0 N–H and O–H groups in total. The molecule has 0 bridgehead atoms. The molecule has 144 valence electrons. The summed E-state index contributed by atoms with van der Waals surface area (Å²) in [7, 11) is 0. The Labute approximate surface area is 165 Å². The molecule has 3 heterocycles. The number of nitrogens with zero attached hydrogens (tertiary/aromatic N) is 4. The summed E-state index contributed by atoms with van der Waals surface area (Å²) in [5.41, 5.74) is 1.85. The fourth-order valence-electron chi connectivity index (χ4n) is 4.40. The topological polar surface area (TPSA) is 51.0 Å². The zero-order valence-electron chi connectivity index (χ0n) is 16.3. The first-order valence-electron chi connectivity index (χ1n) is 10.4. The van der Waals surface area contributed by atoms with Gasteiger partial charge >= 0.3 is 0 Å². The van der Waals surface area contributed by atoms with Crippen LogP contribution < -0.4 is 0 Å². The SMILES string of the molecule is Cc1cnc(C2CC2)n1CC1CCN(C(=O)c2nccc3ccccc23)CC1. The molecule has 5 rings (SSSR count). The van der Waals surface area contributed by atoms with Crippen LogP contribution in [0.4, 0.5) is 0 Å². The van der Waals surface area contributed by atoms with Gasteiger partial charge in [0, 0.05) is 49.0 Å². The highest BCUT2D eigenvalue weighted by Gasteiger charge is 2.31. The maximum Gasteiger partial charge on any atom is 0.273 e. The number of carbonyl (C=O) groups is 1. The number of aromatic nitrogens is 3. The Morgan fingerprint density at radius 2 is 1.86 bits per heavy atom. The Morgan fingerprint density at radius 3 is 2.64 bits per heavy atom. The molecule has 2 fully saturated rings. The number of piperidine rings is 1. The highest BCUT2D eigenvalue weighted by atomic mass is 16.2. The van der Waals surface area contributed by atoms with Crippen molar-refractivity contribution in [3.05, 3.63) is 59.9 Å². The van der Waals surface area contributed by atoms with E-state index in [1.165, 1.54) is 24.4 Å². The van der Waals surface area contributed by atoms with E-state index in [1.54, 1.807) is 6.20 Å². The predicted molar refractivity (Wildman–Crippen MR) is 109 cm³/mol. The summed E-state index contributed by atoms with van der Waals surface area (Å²) in [6.45, 7) is 4.80. The number of carbonyl (C=O) groups excluding carboxylic acids is 1. The highest BCUT2D eigenvalue weighted by Crippen LogP contribution is 2.40. The Balaban J connectivity index is 1.27. The van der Waals surface area contributed by atoms with Gasteiger partial charge in [0.15, 0.2) is 0 Å². The van der Waals surface area contributed by atoms with Gasteiger partial charge in [0.2, 0.25) is 0 Å². The minimum Gasteiger partial charge on any atom is -0.337 e. The number of hydrogen-bond acceptors (Lipinski definition) is 3. The zero-order valence-corrected chi connectivity index (χ0v) is 16.3. The van der Waals surface area contributed by atoms with E-state index in [0.29, 0.717) is 17.5 Å². The lowest BCUT2D eigenvalue weighted by Crippen LogP contribution is -2.39. The molecular formula is C23H26N4O. The van der Waals surface area contributed by atoms with Crippen molar-refractivity contribution in [2.45, 2.75) is 45.1 Å². The first-order chi connectivity index (χ1) is 13.7. The molecule has 5 heteroatoms. The van der Waals surface area contributed by atoms with Crippen LogP contribution in [0.2, 0.25) is 0 Å². The Morgan fingerprint density at radius 1 is 1.07 bits per heavy atom. The summed E-state index contributed by atoms with van der Waals surface area (Å²) in [5, 5.41) is 2.01. The lowest BCUT2D eigenvalue weighted by Gasteiger charge is -2.32. The Kier molecular flexibility index (Phi) is 4.38. The first kappa shape index (κ1) is 17.4. The molecule has 0 spiro atoms. The molecule has 1 saturated carbocycles. The third-order valence-electron chi connectivity index (χ3n) is 6.25. The summed E-state index contributed by atoms with van der Waals surface area (Å²) < 4.78 is 2.42. The van der Waals surface area contributed by atoms with Crippen molar-refractivity contribution >= 4 is 16.7 Å². The normalized spacial score (nSPS) is 18.0. The molecular weight excluding hydrogens is 348 g/mol. The fraction of sp³-hybridized carbons (Fsp3) is 0.435. The minimum atomic E-state index is 0.0627. The second kappa shape index (κ2) is 7.04. The van der Waals surface area contributed by atoms with Crippen molar-refractivity contribution in [2.24, 2.45) is 5.92 Å². The molecule has 2 aliphatic rings. The second-order valence-corrected chi connectivity index (χ2v) is 8.26. The molecule has 1 amide bonds. The van der Waals surface area contributed by atoms with E-state index < -0.39 is 0 Å². The van der Waals surface area contributed by atoms with E-state index in [4.69, 9.17) is 0 Å².